The lowest BCUT2D eigenvalue weighted by Crippen LogP contribution is -2.21. The van der Waals surface area contributed by atoms with Crippen molar-refractivity contribution in [1.82, 2.24) is 19.2 Å². The van der Waals surface area contributed by atoms with Gasteiger partial charge in [-0.05, 0) is 31.2 Å². The number of imidazole rings is 1. The number of benzene rings is 2. The van der Waals surface area contributed by atoms with Crippen LogP contribution in [0.15, 0.2) is 58.7 Å². The van der Waals surface area contributed by atoms with Crippen LogP contribution in [-0.4, -0.2) is 46.8 Å². The third kappa shape index (κ3) is 3.61. The number of hydrogen-bond acceptors (Lipinski definition) is 7. The minimum absolute atomic E-state index is 0.233. The molecule has 31 heavy (non-hydrogen) atoms. The van der Waals surface area contributed by atoms with Gasteiger partial charge in [0, 0.05) is 11.3 Å². The molecule has 2 aromatic carbocycles. The molecule has 0 aliphatic heterocycles. The normalized spacial score (nSPS) is 11.2. The number of aromatic nitrogens is 4. The van der Waals surface area contributed by atoms with Gasteiger partial charge in [-0.25, -0.2) is 9.97 Å². The smallest absolute Gasteiger partial charge is 0.302 e. The quantitative estimate of drug-likeness (QED) is 0.446. The predicted octanol–water partition coefficient (Wildman–Crippen LogP) is 2.80. The summed E-state index contributed by atoms with van der Waals surface area (Å²) in [7, 11) is 4.61. The van der Waals surface area contributed by atoms with Gasteiger partial charge < -0.3 is 14.2 Å². The van der Waals surface area contributed by atoms with Crippen LogP contribution in [0.2, 0.25) is 0 Å². The Balaban J connectivity index is 1.78. The largest absolute Gasteiger partial charge is 0.493 e. The Labute approximate surface area is 178 Å². The molecule has 0 amide bonds. The van der Waals surface area contributed by atoms with Crippen LogP contribution in [0.4, 0.5) is 0 Å². The maximum absolute atomic E-state index is 13.0. The Hall–Kier alpha value is -4.14. The predicted molar refractivity (Wildman–Crippen MR) is 117 cm³/mol. The van der Waals surface area contributed by atoms with Crippen molar-refractivity contribution in [3.8, 4) is 22.9 Å². The fourth-order valence-corrected chi connectivity index (χ4v) is 3.26. The highest BCUT2D eigenvalue weighted by atomic mass is 16.5. The number of rotatable bonds is 6. The van der Waals surface area contributed by atoms with E-state index >= 15 is 0 Å². The average Bonchev–Trinajstić information content (AvgIpc) is 3.22. The van der Waals surface area contributed by atoms with Crippen LogP contribution in [0.5, 0.6) is 17.2 Å². The van der Waals surface area contributed by atoms with Gasteiger partial charge in [-0.1, -0.05) is 18.2 Å². The zero-order valence-corrected chi connectivity index (χ0v) is 17.6. The van der Waals surface area contributed by atoms with Crippen LogP contribution in [0, 0.1) is 6.92 Å². The van der Waals surface area contributed by atoms with Gasteiger partial charge >= 0.3 is 5.56 Å². The van der Waals surface area contributed by atoms with E-state index in [1.807, 2.05) is 30.3 Å². The van der Waals surface area contributed by atoms with E-state index in [0.29, 0.717) is 34.3 Å². The number of nitrogens with zero attached hydrogens (tertiary/aromatic N) is 5. The van der Waals surface area contributed by atoms with Crippen molar-refractivity contribution in [3.05, 3.63) is 70.5 Å². The van der Waals surface area contributed by atoms with Gasteiger partial charge in [0.1, 0.15) is 12.2 Å². The molecule has 0 saturated heterocycles. The fourth-order valence-electron chi connectivity index (χ4n) is 3.26. The second-order valence-corrected chi connectivity index (χ2v) is 6.60. The van der Waals surface area contributed by atoms with E-state index < -0.39 is 0 Å². The molecule has 9 nitrogen and oxygen atoms in total. The summed E-state index contributed by atoms with van der Waals surface area (Å²) in [6, 6.07) is 13.1. The second-order valence-electron chi connectivity index (χ2n) is 6.60. The van der Waals surface area contributed by atoms with Crippen molar-refractivity contribution in [2.45, 2.75) is 6.92 Å². The SMILES string of the molecule is COc1cc(/C=N/n2c(C)nc3c(ncn3-c3ccccc3)c2=O)cc(OC)c1OC. The van der Waals surface area contributed by atoms with Crippen molar-refractivity contribution < 1.29 is 14.2 Å². The van der Waals surface area contributed by atoms with Crippen molar-refractivity contribution in [1.29, 1.82) is 0 Å². The monoisotopic (exact) mass is 419 g/mol. The first-order chi connectivity index (χ1) is 15.1. The van der Waals surface area contributed by atoms with Gasteiger partial charge in [-0.15, -0.1) is 0 Å². The standard InChI is InChI=1S/C22H21N5O4/c1-14-25-21-19(23-13-26(21)16-8-6-5-7-9-16)22(28)27(14)24-12-15-10-17(29-2)20(31-4)18(11-15)30-3/h5-13H,1-4H3/b24-12+. The molecule has 158 valence electrons. The van der Waals surface area contributed by atoms with Crippen molar-refractivity contribution in [2.75, 3.05) is 21.3 Å². The van der Waals surface area contributed by atoms with Crippen molar-refractivity contribution in [3.63, 3.8) is 0 Å². The van der Waals surface area contributed by atoms with Crippen LogP contribution in [0.3, 0.4) is 0 Å². The van der Waals surface area contributed by atoms with Gasteiger partial charge in [0.05, 0.1) is 27.5 Å². The molecule has 0 aliphatic rings. The summed E-state index contributed by atoms with van der Waals surface area (Å²) >= 11 is 0. The van der Waals surface area contributed by atoms with Crippen LogP contribution >= 0.6 is 0 Å². The Morgan fingerprint density at radius 1 is 1.00 bits per heavy atom. The van der Waals surface area contributed by atoms with Crippen molar-refractivity contribution >= 4 is 17.4 Å². The topological polar surface area (TPSA) is 92.8 Å². The number of aryl methyl sites for hydroxylation is 1. The number of methoxy groups -OCH3 is 3. The molecular formula is C22H21N5O4. The maximum Gasteiger partial charge on any atom is 0.302 e. The lowest BCUT2D eigenvalue weighted by molar-refractivity contribution is 0.324. The number of para-hydroxylation sites is 1. The van der Waals surface area contributed by atoms with E-state index in [-0.39, 0.29) is 11.1 Å². The molecule has 2 aromatic heterocycles. The zero-order valence-electron chi connectivity index (χ0n) is 17.6. The molecule has 0 unspecified atom stereocenters. The van der Waals surface area contributed by atoms with E-state index in [0.717, 1.165) is 5.69 Å². The summed E-state index contributed by atoms with van der Waals surface area (Å²) in [6.07, 6.45) is 3.11. The summed E-state index contributed by atoms with van der Waals surface area (Å²) in [5, 5.41) is 4.33. The van der Waals surface area contributed by atoms with Gasteiger partial charge in [0.2, 0.25) is 5.75 Å². The first kappa shape index (κ1) is 20.1. The van der Waals surface area contributed by atoms with E-state index in [1.165, 1.54) is 32.2 Å². The molecule has 0 atom stereocenters. The van der Waals surface area contributed by atoms with Gasteiger partial charge in [0.15, 0.2) is 22.7 Å². The fraction of sp³-hybridized carbons (Fsp3) is 0.182. The average molecular weight is 419 g/mol. The minimum atomic E-state index is -0.360. The Morgan fingerprint density at radius 2 is 1.68 bits per heavy atom. The molecular weight excluding hydrogens is 398 g/mol. The Bertz CT molecular complexity index is 1300. The van der Waals surface area contributed by atoms with E-state index in [1.54, 1.807) is 30.0 Å². The highest BCUT2D eigenvalue weighted by Gasteiger charge is 2.15. The lowest BCUT2D eigenvalue weighted by atomic mass is 10.2. The third-order valence-corrected chi connectivity index (χ3v) is 4.76. The first-order valence-corrected chi connectivity index (χ1v) is 9.44. The molecule has 4 aromatic rings. The van der Waals surface area contributed by atoms with Crippen molar-refractivity contribution in [2.24, 2.45) is 5.10 Å². The molecule has 9 heteroatoms. The van der Waals surface area contributed by atoms with Crippen LogP contribution in [-0.2, 0) is 0 Å². The van der Waals surface area contributed by atoms with Crippen LogP contribution in [0.1, 0.15) is 11.4 Å². The molecule has 0 spiro atoms. The maximum atomic E-state index is 13.0. The van der Waals surface area contributed by atoms with Gasteiger partial charge in [-0.2, -0.15) is 9.78 Å². The molecule has 2 heterocycles. The summed E-state index contributed by atoms with van der Waals surface area (Å²) in [5.74, 6) is 1.88. The number of ether oxygens (including phenoxy) is 3. The second kappa shape index (κ2) is 8.31. The molecule has 0 fully saturated rings. The first-order valence-electron chi connectivity index (χ1n) is 9.44. The highest BCUT2D eigenvalue weighted by molar-refractivity contribution is 5.82. The number of fused-ring (bicyclic) bond motifs is 1. The highest BCUT2D eigenvalue weighted by Crippen LogP contribution is 2.37. The Kier molecular flexibility index (Phi) is 5.40. The zero-order chi connectivity index (χ0) is 22.0. The summed E-state index contributed by atoms with van der Waals surface area (Å²) in [4.78, 5) is 21.9. The summed E-state index contributed by atoms with van der Waals surface area (Å²) in [5.41, 5.74) is 1.89. The molecule has 0 aliphatic carbocycles. The molecule has 0 saturated carbocycles. The van der Waals surface area contributed by atoms with Crippen LogP contribution in [0.25, 0.3) is 16.9 Å². The van der Waals surface area contributed by atoms with Crippen LogP contribution < -0.4 is 19.8 Å². The van der Waals surface area contributed by atoms with E-state index in [4.69, 9.17) is 14.2 Å². The lowest BCUT2D eigenvalue weighted by Gasteiger charge is -2.12. The van der Waals surface area contributed by atoms with E-state index in [9.17, 15) is 4.79 Å². The summed E-state index contributed by atoms with van der Waals surface area (Å²) < 4.78 is 19.0. The number of hydrogen-bond donors (Lipinski definition) is 0. The summed E-state index contributed by atoms with van der Waals surface area (Å²) in [6.45, 7) is 1.72. The Morgan fingerprint density at radius 3 is 2.29 bits per heavy atom. The molecule has 4 rings (SSSR count). The van der Waals surface area contributed by atoms with Gasteiger partial charge in [0.25, 0.3) is 0 Å². The third-order valence-electron chi connectivity index (χ3n) is 4.76. The molecule has 0 radical (unpaired) electrons. The van der Waals surface area contributed by atoms with E-state index in [2.05, 4.69) is 15.1 Å². The molecule has 0 N–H and O–H groups in total. The minimum Gasteiger partial charge on any atom is -0.493 e. The molecule has 0 bridgehead atoms. The van der Waals surface area contributed by atoms with Gasteiger partial charge in [-0.3, -0.25) is 9.36 Å².